The SMILES string of the molecule is C=C(C1=C(C(=O)OC(c2ccccc2)c2ccccc2)N2C(=O)C(NC(=O)CSc3ccon3)[C@H]2SC1)c1nnnn1C. The van der Waals surface area contributed by atoms with Gasteiger partial charge in [-0.1, -0.05) is 84.2 Å². The monoisotopic (exact) mass is 615 g/mol. The third-order valence-electron chi connectivity index (χ3n) is 6.93. The van der Waals surface area contributed by atoms with Gasteiger partial charge < -0.3 is 14.6 Å². The van der Waals surface area contributed by atoms with Crippen molar-refractivity contribution in [3.63, 3.8) is 0 Å². The Balaban J connectivity index is 1.30. The number of esters is 1. The van der Waals surface area contributed by atoms with Gasteiger partial charge in [0.25, 0.3) is 5.91 Å². The number of aromatic nitrogens is 5. The van der Waals surface area contributed by atoms with Gasteiger partial charge in [0.15, 0.2) is 11.9 Å². The van der Waals surface area contributed by atoms with Crippen molar-refractivity contribution in [2.45, 2.75) is 22.5 Å². The van der Waals surface area contributed by atoms with Crippen LogP contribution in [0.15, 0.2) is 100 Å². The van der Waals surface area contributed by atoms with E-state index >= 15 is 0 Å². The fraction of sp³-hybridized carbons (Fsp3) is 0.207. The molecule has 2 aliphatic rings. The third-order valence-corrected chi connectivity index (χ3v) is 9.12. The molecule has 0 saturated carbocycles. The van der Waals surface area contributed by atoms with Gasteiger partial charge >= 0.3 is 5.97 Å². The standard InChI is InChI=1S/C29H25N7O5S2/c1-17(26-31-33-34-35(26)2)20-15-43-28-23(30-21(37)16-42-22-13-14-40-32-22)27(38)36(28)24(20)29(39)41-25(18-9-5-3-6-10-18)19-11-7-4-8-12-19/h3-14,23,25,28H,1,15-16H2,2H3,(H,30,37)/t23?,28-/m1/s1. The third kappa shape index (κ3) is 5.70. The second-order valence-corrected chi connectivity index (χ2v) is 11.7. The molecule has 0 spiro atoms. The molecule has 1 fully saturated rings. The van der Waals surface area contributed by atoms with Crippen molar-refractivity contribution in [2.24, 2.45) is 7.05 Å². The van der Waals surface area contributed by atoms with Crippen LogP contribution in [0.25, 0.3) is 5.57 Å². The van der Waals surface area contributed by atoms with Crippen LogP contribution < -0.4 is 5.32 Å². The Kier molecular flexibility index (Phi) is 8.11. The number of benzene rings is 2. The lowest BCUT2D eigenvalue weighted by Crippen LogP contribution is -2.70. The zero-order valence-corrected chi connectivity index (χ0v) is 24.5. The maximum atomic E-state index is 14.1. The van der Waals surface area contributed by atoms with E-state index in [1.165, 1.54) is 39.4 Å². The van der Waals surface area contributed by atoms with Crippen LogP contribution in [0.5, 0.6) is 0 Å². The molecule has 2 atom stereocenters. The minimum atomic E-state index is -0.816. The quantitative estimate of drug-likeness (QED) is 0.160. The Morgan fingerprint density at radius 1 is 1.14 bits per heavy atom. The lowest BCUT2D eigenvalue weighted by molar-refractivity contribution is -0.154. The first kappa shape index (κ1) is 28.4. The molecule has 2 aromatic carbocycles. The molecule has 0 bridgehead atoms. The van der Waals surface area contributed by atoms with Gasteiger partial charge in [-0.05, 0) is 21.6 Å². The number of rotatable bonds is 10. The molecular formula is C29H25N7O5S2. The maximum Gasteiger partial charge on any atom is 0.356 e. The molecule has 218 valence electrons. The molecule has 12 nitrogen and oxygen atoms in total. The number of tetrazole rings is 1. The second kappa shape index (κ2) is 12.3. The Morgan fingerprint density at radius 3 is 2.44 bits per heavy atom. The fourth-order valence-corrected chi connectivity index (χ4v) is 6.83. The Bertz CT molecular complexity index is 1650. The predicted molar refractivity (Wildman–Crippen MR) is 158 cm³/mol. The van der Waals surface area contributed by atoms with Gasteiger partial charge in [-0.15, -0.1) is 16.9 Å². The number of hydrogen-bond acceptors (Lipinski definition) is 11. The highest BCUT2D eigenvalue weighted by molar-refractivity contribution is 8.00. The first-order valence-corrected chi connectivity index (χ1v) is 15.2. The van der Waals surface area contributed by atoms with Gasteiger partial charge in [-0.3, -0.25) is 14.5 Å². The molecule has 1 N–H and O–H groups in total. The molecule has 6 rings (SSSR count). The summed E-state index contributed by atoms with van der Waals surface area (Å²) in [6.45, 7) is 4.17. The predicted octanol–water partition coefficient (Wildman–Crippen LogP) is 2.99. The average Bonchev–Trinajstić information content (AvgIpc) is 3.73. The van der Waals surface area contributed by atoms with E-state index in [0.717, 1.165) is 11.1 Å². The first-order chi connectivity index (χ1) is 20.9. The molecule has 2 amide bonds. The van der Waals surface area contributed by atoms with E-state index in [4.69, 9.17) is 9.26 Å². The van der Waals surface area contributed by atoms with Crippen molar-refractivity contribution in [2.75, 3.05) is 11.5 Å². The van der Waals surface area contributed by atoms with E-state index in [1.807, 2.05) is 60.7 Å². The van der Waals surface area contributed by atoms with Crippen LogP contribution in [0, 0.1) is 0 Å². The summed E-state index contributed by atoms with van der Waals surface area (Å²) >= 11 is 2.60. The van der Waals surface area contributed by atoms with Gasteiger partial charge in [-0.25, -0.2) is 9.48 Å². The summed E-state index contributed by atoms with van der Waals surface area (Å²) in [6.07, 6.45) is 0.684. The molecule has 14 heteroatoms. The number of fused-ring (bicyclic) bond motifs is 1. The normalized spacial score (nSPS) is 17.8. The van der Waals surface area contributed by atoms with E-state index in [1.54, 1.807) is 13.1 Å². The van der Waals surface area contributed by atoms with Gasteiger partial charge in [0, 0.05) is 30.0 Å². The summed E-state index contributed by atoms with van der Waals surface area (Å²) in [5, 5.41) is 18.2. The van der Waals surface area contributed by atoms with Crippen molar-refractivity contribution in [1.29, 1.82) is 0 Å². The summed E-state index contributed by atoms with van der Waals surface area (Å²) < 4.78 is 12.4. The summed E-state index contributed by atoms with van der Waals surface area (Å²) in [5.41, 5.74) is 2.47. The lowest BCUT2D eigenvalue weighted by Gasteiger charge is -2.50. The highest BCUT2D eigenvalue weighted by Crippen LogP contribution is 2.44. The van der Waals surface area contributed by atoms with Gasteiger partial charge in [-0.2, -0.15) is 0 Å². The molecule has 1 unspecified atom stereocenters. The summed E-state index contributed by atoms with van der Waals surface area (Å²) in [5.74, 6) is -0.755. The van der Waals surface area contributed by atoms with Gasteiger partial charge in [0.1, 0.15) is 28.4 Å². The number of β-lactam (4-membered cyclic amide) rings is 1. The van der Waals surface area contributed by atoms with Crippen LogP contribution in [0.4, 0.5) is 0 Å². The number of ether oxygens (including phenoxy) is 1. The average molecular weight is 616 g/mol. The molecule has 2 aliphatic heterocycles. The number of nitrogens with one attached hydrogen (secondary N) is 1. The lowest BCUT2D eigenvalue weighted by atomic mass is 9.98. The van der Waals surface area contributed by atoms with Crippen molar-refractivity contribution in [3.05, 3.63) is 108 Å². The Hall–Kier alpha value is -4.69. The smallest absolute Gasteiger partial charge is 0.356 e. The zero-order chi connectivity index (χ0) is 29.9. The molecule has 0 aliphatic carbocycles. The summed E-state index contributed by atoms with van der Waals surface area (Å²) in [7, 11) is 1.66. The van der Waals surface area contributed by atoms with Crippen LogP contribution in [-0.2, 0) is 26.2 Å². The number of aryl methyl sites for hydroxylation is 1. The van der Waals surface area contributed by atoms with Crippen molar-refractivity contribution >= 4 is 46.9 Å². The zero-order valence-electron chi connectivity index (χ0n) is 22.8. The van der Waals surface area contributed by atoms with E-state index in [0.29, 0.717) is 27.7 Å². The maximum absolute atomic E-state index is 14.1. The van der Waals surface area contributed by atoms with Crippen molar-refractivity contribution in [1.82, 2.24) is 35.6 Å². The molecular weight excluding hydrogens is 590 g/mol. The number of carbonyl (C=O) groups is 3. The molecule has 2 aromatic heterocycles. The fourth-order valence-electron chi connectivity index (χ4n) is 4.84. The van der Waals surface area contributed by atoms with Gasteiger partial charge in [0.2, 0.25) is 5.91 Å². The molecule has 4 heterocycles. The number of amides is 2. The highest BCUT2D eigenvalue weighted by Gasteiger charge is 2.55. The minimum absolute atomic E-state index is 0.0511. The largest absolute Gasteiger partial charge is 0.448 e. The molecule has 0 radical (unpaired) electrons. The highest BCUT2D eigenvalue weighted by atomic mass is 32.2. The number of allylic oxidation sites excluding steroid dienone is 1. The summed E-state index contributed by atoms with van der Waals surface area (Å²) in [6, 6.07) is 19.6. The second-order valence-electron chi connectivity index (χ2n) is 9.62. The van der Waals surface area contributed by atoms with Crippen molar-refractivity contribution < 1.29 is 23.6 Å². The number of thioether (sulfide) groups is 2. The summed E-state index contributed by atoms with van der Waals surface area (Å²) in [4.78, 5) is 41.8. The Labute approximate surface area is 254 Å². The number of nitrogens with zero attached hydrogens (tertiary/aromatic N) is 6. The molecule has 1 saturated heterocycles. The van der Waals surface area contributed by atoms with Crippen LogP contribution in [0.3, 0.4) is 0 Å². The van der Waals surface area contributed by atoms with Crippen LogP contribution in [0.2, 0.25) is 0 Å². The van der Waals surface area contributed by atoms with Crippen LogP contribution in [-0.4, -0.2) is 71.0 Å². The first-order valence-electron chi connectivity index (χ1n) is 13.2. The van der Waals surface area contributed by atoms with Gasteiger partial charge in [0.05, 0.1) is 5.75 Å². The van der Waals surface area contributed by atoms with Crippen LogP contribution >= 0.6 is 23.5 Å². The van der Waals surface area contributed by atoms with E-state index in [9.17, 15) is 14.4 Å². The van der Waals surface area contributed by atoms with Crippen LogP contribution in [0.1, 0.15) is 23.1 Å². The minimum Gasteiger partial charge on any atom is -0.448 e. The van der Waals surface area contributed by atoms with Crippen molar-refractivity contribution in [3.8, 4) is 0 Å². The topological polar surface area (TPSA) is 145 Å². The Morgan fingerprint density at radius 2 is 1.84 bits per heavy atom. The van der Waals surface area contributed by atoms with E-state index < -0.39 is 29.4 Å². The van der Waals surface area contributed by atoms with E-state index in [-0.39, 0.29) is 17.4 Å². The van der Waals surface area contributed by atoms with E-state index in [2.05, 4.69) is 32.6 Å². The number of hydrogen-bond donors (Lipinski definition) is 1. The molecule has 43 heavy (non-hydrogen) atoms. The number of carbonyl (C=O) groups excluding carboxylic acids is 3. The molecule has 4 aromatic rings.